The summed E-state index contributed by atoms with van der Waals surface area (Å²) in [6.45, 7) is 8.64. The van der Waals surface area contributed by atoms with Crippen molar-refractivity contribution in [3.8, 4) is 0 Å². The van der Waals surface area contributed by atoms with Crippen molar-refractivity contribution in [1.82, 2.24) is 5.32 Å². The monoisotopic (exact) mass is 263 g/mol. The fraction of sp³-hybridized carbons (Fsp3) is 0.647. The van der Waals surface area contributed by atoms with E-state index in [0.29, 0.717) is 5.92 Å². The summed E-state index contributed by atoms with van der Waals surface area (Å²) in [6.07, 6.45) is 3.35. The maximum Gasteiger partial charge on any atom is 0.127 e. The van der Waals surface area contributed by atoms with Crippen molar-refractivity contribution < 1.29 is 4.39 Å². The standard InChI is InChI=1S/C17H26FN/c1-4-9-19-12-17(10-14(11-17)13(2)3)15-7-5-6-8-16(15)18/h5-8,13-14,19H,4,9-12H2,1-3H3. The zero-order valence-corrected chi connectivity index (χ0v) is 12.4. The first kappa shape index (κ1) is 14.5. The van der Waals surface area contributed by atoms with E-state index in [0.717, 1.165) is 43.8 Å². The lowest BCUT2D eigenvalue weighted by molar-refractivity contribution is 0.0946. The van der Waals surface area contributed by atoms with Gasteiger partial charge < -0.3 is 5.32 Å². The van der Waals surface area contributed by atoms with E-state index in [-0.39, 0.29) is 11.2 Å². The zero-order chi connectivity index (χ0) is 13.9. The minimum Gasteiger partial charge on any atom is -0.316 e. The number of hydrogen-bond donors (Lipinski definition) is 1. The number of hydrogen-bond acceptors (Lipinski definition) is 1. The maximum atomic E-state index is 14.1. The lowest BCUT2D eigenvalue weighted by Gasteiger charge is -2.50. The van der Waals surface area contributed by atoms with Crippen LogP contribution in [0.5, 0.6) is 0 Å². The Morgan fingerprint density at radius 3 is 2.58 bits per heavy atom. The van der Waals surface area contributed by atoms with Crippen LogP contribution in [0.3, 0.4) is 0 Å². The largest absolute Gasteiger partial charge is 0.316 e. The van der Waals surface area contributed by atoms with E-state index in [4.69, 9.17) is 0 Å². The molecule has 0 aliphatic heterocycles. The van der Waals surface area contributed by atoms with Crippen LogP contribution in [0.25, 0.3) is 0 Å². The van der Waals surface area contributed by atoms with Crippen molar-refractivity contribution in [2.45, 2.75) is 45.4 Å². The number of benzene rings is 1. The summed E-state index contributed by atoms with van der Waals surface area (Å²) in [5.74, 6) is 1.40. The first-order valence-electron chi connectivity index (χ1n) is 7.55. The summed E-state index contributed by atoms with van der Waals surface area (Å²) in [5, 5.41) is 3.50. The molecule has 0 saturated heterocycles. The third kappa shape index (κ3) is 3.00. The van der Waals surface area contributed by atoms with Gasteiger partial charge in [-0.3, -0.25) is 0 Å². The third-order valence-electron chi connectivity index (χ3n) is 4.58. The molecule has 0 bridgehead atoms. The molecule has 2 heteroatoms. The van der Waals surface area contributed by atoms with E-state index in [1.165, 1.54) is 0 Å². The van der Waals surface area contributed by atoms with E-state index >= 15 is 0 Å². The van der Waals surface area contributed by atoms with Crippen molar-refractivity contribution >= 4 is 0 Å². The summed E-state index contributed by atoms with van der Waals surface area (Å²) in [4.78, 5) is 0. The normalized spacial score (nSPS) is 26.5. The van der Waals surface area contributed by atoms with Gasteiger partial charge in [-0.2, -0.15) is 0 Å². The SMILES string of the molecule is CCCNCC1(c2ccccc2F)CC(C(C)C)C1. The Morgan fingerprint density at radius 1 is 1.32 bits per heavy atom. The van der Waals surface area contributed by atoms with Gasteiger partial charge in [0.25, 0.3) is 0 Å². The first-order valence-corrected chi connectivity index (χ1v) is 7.55. The lowest BCUT2D eigenvalue weighted by atomic mass is 9.55. The molecule has 1 saturated carbocycles. The molecule has 0 spiro atoms. The average Bonchev–Trinajstić information content (AvgIpc) is 2.33. The summed E-state index contributed by atoms with van der Waals surface area (Å²) in [6, 6.07) is 7.31. The molecule has 1 fully saturated rings. The Labute approximate surface area is 116 Å². The van der Waals surface area contributed by atoms with Crippen molar-refractivity contribution in [2.75, 3.05) is 13.1 Å². The van der Waals surface area contributed by atoms with Crippen LogP contribution in [0.4, 0.5) is 4.39 Å². The Balaban J connectivity index is 2.15. The van der Waals surface area contributed by atoms with Crippen molar-refractivity contribution in [3.63, 3.8) is 0 Å². The number of halogens is 1. The molecule has 1 aromatic carbocycles. The number of rotatable bonds is 6. The van der Waals surface area contributed by atoms with Gasteiger partial charge in [-0.25, -0.2) is 4.39 Å². The molecule has 0 atom stereocenters. The summed E-state index contributed by atoms with van der Waals surface area (Å²) < 4.78 is 14.1. The molecule has 0 aromatic heterocycles. The van der Waals surface area contributed by atoms with Gasteiger partial charge >= 0.3 is 0 Å². The Kier molecular flexibility index (Phi) is 4.62. The van der Waals surface area contributed by atoms with Crippen molar-refractivity contribution in [2.24, 2.45) is 11.8 Å². The molecule has 0 radical (unpaired) electrons. The van der Waals surface area contributed by atoms with Gasteiger partial charge in [-0.15, -0.1) is 0 Å². The quantitative estimate of drug-likeness (QED) is 0.761. The van der Waals surface area contributed by atoms with E-state index in [2.05, 4.69) is 26.1 Å². The van der Waals surface area contributed by atoms with Crippen LogP contribution < -0.4 is 5.32 Å². The average molecular weight is 263 g/mol. The predicted molar refractivity (Wildman–Crippen MR) is 78.8 cm³/mol. The molecular formula is C17H26FN. The molecule has 0 unspecified atom stereocenters. The van der Waals surface area contributed by atoms with E-state index in [1.807, 2.05) is 12.1 Å². The first-order chi connectivity index (χ1) is 9.09. The third-order valence-corrected chi connectivity index (χ3v) is 4.58. The van der Waals surface area contributed by atoms with Crippen LogP contribution in [-0.4, -0.2) is 13.1 Å². The highest BCUT2D eigenvalue weighted by Crippen LogP contribution is 2.50. The zero-order valence-electron chi connectivity index (χ0n) is 12.4. The highest BCUT2D eigenvalue weighted by Gasteiger charge is 2.47. The molecule has 2 rings (SSSR count). The molecule has 0 amide bonds. The smallest absolute Gasteiger partial charge is 0.127 e. The molecule has 1 nitrogen and oxygen atoms in total. The minimum absolute atomic E-state index is 0.0233. The van der Waals surface area contributed by atoms with Gasteiger partial charge in [-0.05, 0) is 49.3 Å². The fourth-order valence-corrected chi connectivity index (χ4v) is 3.27. The molecular weight excluding hydrogens is 237 g/mol. The van der Waals surface area contributed by atoms with Crippen LogP contribution in [-0.2, 0) is 5.41 Å². The minimum atomic E-state index is -0.0389. The summed E-state index contributed by atoms with van der Waals surface area (Å²) in [7, 11) is 0. The maximum absolute atomic E-state index is 14.1. The van der Waals surface area contributed by atoms with Gasteiger partial charge in [0.05, 0.1) is 0 Å². The molecule has 1 aliphatic carbocycles. The summed E-state index contributed by atoms with van der Waals surface area (Å²) in [5.41, 5.74) is 0.936. The highest BCUT2D eigenvalue weighted by atomic mass is 19.1. The fourth-order valence-electron chi connectivity index (χ4n) is 3.27. The molecule has 0 heterocycles. The van der Waals surface area contributed by atoms with Gasteiger partial charge in [0.1, 0.15) is 5.82 Å². The van der Waals surface area contributed by atoms with Gasteiger partial charge in [-0.1, -0.05) is 39.0 Å². The lowest BCUT2D eigenvalue weighted by Crippen LogP contribution is -2.50. The second kappa shape index (κ2) is 6.04. The molecule has 1 N–H and O–H groups in total. The molecule has 19 heavy (non-hydrogen) atoms. The highest BCUT2D eigenvalue weighted by molar-refractivity contribution is 5.31. The van der Waals surface area contributed by atoms with E-state index in [1.54, 1.807) is 12.1 Å². The van der Waals surface area contributed by atoms with Crippen molar-refractivity contribution in [3.05, 3.63) is 35.6 Å². The Bertz CT molecular complexity index is 407. The second-order valence-corrected chi connectivity index (χ2v) is 6.35. The van der Waals surface area contributed by atoms with E-state index in [9.17, 15) is 4.39 Å². The van der Waals surface area contributed by atoms with Crippen molar-refractivity contribution in [1.29, 1.82) is 0 Å². The van der Waals surface area contributed by atoms with Crippen LogP contribution in [0.15, 0.2) is 24.3 Å². The topological polar surface area (TPSA) is 12.0 Å². The number of nitrogens with one attached hydrogen (secondary N) is 1. The van der Waals surface area contributed by atoms with Gasteiger partial charge in [0.15, 0.2) is 0 Å². The summed E-state index contributed by atoms with van der Waals surface area (Å²) >= 11 is 0. The second-order valence-electron chi connectivity index (χ2n) is 6.35. The Morgan fingerprint density at radius 2 is 2.00 bits per heavy atom. The molecule has 1 aliphatic rings. The van der Waals surface area contributed by atoms with Crippen LogP contribution in [0, 0.1) is 17.7 Å². The van der Waals surface area contributed by atoms with Crippen LogP contribution in [0.1, 0.15) is 45.6 Å². The molecule has 1 aromatic rings. The predicted octanol–water partition coefficient (Wildman–Crippen LogP) is 4.13. The van der Waals surface area contributed by atoms with E-state index < -0.39 is 0 Å². The molecule has 106 valence electrons. The van der Waals surface area contributed by atoms with Gasteiger partial charge in [0, 0.05) is 12.0 Å². The van der Waals surface area contributed by atoms with Crippen LogP contribution >= 0.6 is 0 Å². The Hall–Kier alpha value is -0.890. The van der Waals surface area contributed by atoms with Gasteiger partial charge in [0.2, 0.25) is 0 Å². The van der Waals surface area contributed by atoms with Crippen LogP contribution in [0.2, 0.25) is 0 Å².